The number of ether oxygens (including phenoxy) is 2. The molecule has 6 rings (SSSR count). The first-order valence-electron chi connectivity index (χ1n) is 24.4. The summed E-state index contributed by atoms with van der Waals surface area (Å²) in [6.45, 7) is 4.13. The van der Waals surface area contributed by atoms with Crippen molar-refractivity contribution >= 4 is 23.9 Å². The molecule has 62 heavy (non-hydrogen) atoms. The number of carbonyl (C=O) groups is 4. The molecule has 4 aliphatic rings. The van der Waals surface area contributed by atoms with Crippen molar-refractivity contribution in [3.63, 3.8) is 0 Å². The Morgan fingerprint density at radius 2 is 0.806 bits per heavy atom. The van der Waals surface area contributed by atoms with Crippen LogP contribution in [0.15, 0.2) is 60.7 Å². The number of fused-ring (bicyclic) bond motifs is 4. The van der Waals surface area contributed by atoms with E-state index in [-0.39, 0.29) is 25.2 Å². The highest BCUT2D eigenvalue weighted by molar-refractivity contribution is 5.78. The molecule has 0 amide bonds. The number of carboxylic acid groups (broad SMARTS) is 2. The second kappa shape index (κ2) is 31.1. The van der Waals surface area contributed by atoms with Gasteiger partial charge in [-0.05, 0) is 89.4 Å². The number of rotatable bonds is 22. The maximum Gasteiger partial charge on any atom is 0.314 e. The molecule has 0 spiro atoms. The second-order valence-electron chi connectivity index (χ2n) is 18.0. The van der Waals surface area contributed by atoms with E-state index < -0.39 is 23.8 Å². The van der Waals surface area contributed by atoms with Crippen molar-refractivity contribution in [2.75, 3.05) is 27.3 Å². The van der Waals surface area contributed by atoms with Crippen molar-refractivity contribution in [3.05, 3.63) is 71.8 Å². The van der Waals surface area contributed by atoms with Crippen molar-refractivity contribution < 1.29 is 38.9 Å². The average Bonchev–Trinajstić information content (AvgIpc) is 3.55. The molecule has 0 radical (unpaired) electrons. The standard InChI is InChI=1S/C19H28O4.C17H24O4.2C8H15N/c1-2-3-4-5-6-7-11-14-18(20)23-15-17(19(21)22)16-12-9-8-10-13-16;1-2-3-4-5-9-12-16(18)21-13-15(17(19)20)14-10-7-6-8-11-14;2*1-9-7-3-2-4-8(9)6-5-7/h8-10,12-13,17H,2-7,11,14-15H2,1H3,(H,21,22);6-8,10-11,15H,2-5,9,12-13H2,1H3,(H,19,20);2*7-8H,2-6H2,1H3. The van der Waals surface area contributed by atoms with E-state index in [9.17, 15) is 29.4 Å². The zero-order chi connectivity index (χ0) is 45.0. The third kappa shape index (κ3) is 20.2. The molecule has 6 unspecified atom stereocenters. The molecule has 4 fully saturated rings. The lowest BCUT2D eigenvalue weighted by Gasteiger charge is -2.30. The van der Waals surface area contributed by atoms with Crippen LogP contribution in [0.4, 0.5) is 0 Å². The number of nitrogens with zero attached hydrogens (tertiary/aromatic N) is 2. The number of aliphatic carboxylic acids is 2. The second-order valence-corrected chi connectivity index (χ2v) is 18.0. The van der Waals surface area contributed by atoms with Crippen LogP contribution in [0.1, 0.15) is 191 Å². The smallest absolute Gasteiger partial charge is 0.314 e. The molecule has 4 bridgehead atoms. The molecule has 4 aliphatic heterocycles. The third-order valence-corrected chi connectivity index (χ3v) is 13.4. The largest absolute Gasteiger partial charge is 0.481 e. The number of hydrogen-bond donors (Lipinski definition) is 2. The summed E-state index contributed by atoms with van der Waals surface area (Å²) in [6, 6.07) is 21.6. The van der Waals surface area contributed by atoms with Gasteiger partial charge in [0.25, 0.3) is 0 Å². The summed E-state index contributed by atoms with van der Waals surface area (Å²) in [5, 5.41) is 18.5. The topological polar surface area (TPSA) is 134 Å². The van der Waals surface area contributed by atoms with Gasteiger partial charge in [-0.3, -0.25) is 19.2 Å². The SMILES string of the molecule is CCCCCCCC(=O)OCC(C(=O)O)c1ccccc1.CCCCCCCCCC(=O)OCC(C(=O)O)c1ccccc1.CN1C2CCCC1CC2.CN1C2CCCC1CC2. The highest BCUT2D eigenvalue weighted by Crippen LogP contribution is 2.34. The third-order valence-electron chi connectivity index (χ3n) is 13.4. The van der Waals surface area contributed by atoms with Crippen LogP contribution in [0.25, 0.3) is 0 Å². The van der Waals surface area contributed by atoms with Gasteiger partial charge in [-0.2, -0.15) is 0 Å². The van der Waals surface area contributed by atoms with Gasteiger partial charge in [0, 0.05) is 37.0 Å². The Balaban J connectivity index is 0.000000237. The Kier molecular flexibility index (Phi) is 26.4. The van der Waals surface area contributed by atoms with Gasteiger partial charge < -0.3 is 29.5 Å². The Morgan fingerprint density at radius 1 is 0.500 bits per heavy atom. The van der Waals surface area contributed by atoms with Gasteiger partial charge in [0.05, 0.1) is 0 Å². The number of carbonyl (C=O) groups excluding carboxylic acids is 2. The van der Waals surface area contributed by atoms with Gasteiger partial charge in [0.15, 0.2) is 0 Å². The van der Waals surface area contributed by atoms with Crippen LogP contribution in [0.3, 0.4) is 0 Å². The number of unbranched alkanes of at least 4 members (excludes halogenated alkanes) is 10. The first kappa shape index (κ1) is 52.6. The Bertz CT molecular complexity index is 1460. The Morgan fingerprint density at radius 3 is 1.10 bits per heavy atom. The highest BCUT2D eigenvalue weighted by Gasteiger charge is 2.34. The summed E-state index contributed by atoms with van der Waals surface area (Å²) < 4.78 is 10.3. The van der Waals surface area contributed by atoms with Gasteiger partial charge >= 0.3 is 23.9 Å². The normalized spacial score (nSPS) is 21.1. The maximum atomic E-state index is 11.7. The first-order valence-corrected chi connectivity index (χ1v) is 24.4. The number of benzene rings is 2. The van der Waals surface area contributed by atoms with E-state index >= 15 is 0 Å². The maximum absolute atomic E-state index is 11.7. The van der Waals surface area contributed by atoms with Crippen LogP contribution in [-0.2, 0) is 28.7 Å². The summed E-state index contributed by atoms with van der Waals surface area (Å²) >= 11 is 0. The minimum absolute atomic E-state index is 0.103. The number of carboxylic acids is 2. The van der Waals surface area contributed by atoms with Crippen molar-refractivity contribution in [1.29, 1.82) is 0 Å². The van der Waals surface area contributed by atoms with Crippen LogP contribution >= 0.6 is 0 Å². The number of piperidine rings is 2. The molecule has 348 valence electrons. The minimum Gasteiger partial charge on any atom is -0.481 e. The molecule has 4 heterocycles. The Hall–Kier alpha value is -3.76. The lowest BCUT2D eigenvalue weighted by molar-refractivity contribution is -0.150. The van der Waals surface area contributed by atoms with Crippen LogP contribution in [0, 0.1) is 0 Å². The van der Waals surface area contributed by atoms with Crippen molar-refractivity contribution in [2.24, 2.45) is 0 Å². The number of esters is 2. The summed E-state index contributed by atoms with van der Waals surface area (Å²) in [7, 11) is 4.59. The predicted octanol–water partition coefficient (Wildman–Crippen LogP) is 11.6. The van der Waals surface area contributed by atoms with Crippen molar-refractivity contribution in [1.82, 2.24) is 9.80 Å². The average molecular weight is 863 g/mol. The van der Waals surface area contributed by atoms with E-state index in [1.165, 1.54) is 103 Å². The van der Waals surface area contributed by atoms with Gasteiger partial charge in [0.2, 0.25) is 0 Å². The fourth-order valence-electron chi connectivity index (χ4n) is 9.34. The lowest BCUT2D eigenvalue weighted by Crippen LogP contribution is -2.35. The monoisotopic (exact) mass is 863 g/mol. The molecular formula is C52H82N2O8. The first-order chi connectivity index (χ1) is 30.0. The Labute approximate surface area is 374 Å². The van der Waals surface area contributed by atoms with E-state index in [4.69, 9.17) is 9.47 Å². The lowest BCUT2D eigenvalue weighted by atomic mass is 10.0. The quantitative estimate of drug-likeness (QED) is 0.0870. The molecule has 2 aromatic rings. The summed E-state index contributed by atoms with van der Waals surface area (Å²) in [5.41, 5.74) is 1.31. The fraction of sp³-hybridized carbons (Fsp3) is 0.692. The summed E-state index contributed by atoms with van der Waals surface area (Å²) in [4.78, 5) is 51.1. The van der Waals surface area contributed by atoms with Gasteiger partial charge in [-0.1, -0.05) is 152 Å². The van der Waals surface area contributed by atoms with Crippen molar-refractivity contribution in [2.45, 2.75) is 204 Å². The molecule has 2 aromatic carbocycles. The highest BCUT2D eigenvalue weighted by atomic mass is 16.5. The molecule has 2 N–H and O–H groups in total. The molecule has 10 heteroatoms. The van der Waals surface area contributed by atoms with E-state index in [0.29, 0.717) is 24.0 Å². The van der Waals surface area contributed by atoms with Crippen LogP contribution in [-0.4, -0.2) is 95.4 Å². The van der Waals surface area contributed by atoms with Gasteiger partial charge in [-0.25, -0.2) is 0 Å². The van der Waals surface area contributed by atoms with Crippen LogP contribution in [0.2, 0.25) is 0 Å². The predicted molar refractivity (Wildman–Crippen MR) is 248 cm³/mol. The number of hydrogen-bond acceptors (Lipinski definition) is 8. The van der Waals surface area contributed by atoms with Crippen molar-refractivity contribution in [3.8, 4) is 0 Å². The molecule has 0 aliphatic carbocycles. The zero-order valence-corrected chi connectivity index (χ0v) is 38.9. The minimum atomic E-state index is -0.975. The van der Waals surface area contributed by atoms with E-state index in [0.717, 1.165) is 62.7 Å². The van der Waals surface area contributed by atoms with Crippen LogP contribution < -0.4 is 0 Å². The van der Waals surface area contributed by atoms with Crippen LogP contribution in [0.5, 0.6) is 0 Å². The fourth-order valence-corrected chi connectivity index (χ4v) is 9.34. The molecule has 4 saturated heterocycles. The molecule has 0 aromatic heterocycles. The molecule has 0 saturated carbocycles. The van der Waals surface area contributed by atoms with Gasteiger partial charge in [0.1, 0.15) is 25.0 Å². The molecular weight excluding hydrogens is 781 g/mol. The van der Waals surface area contributed by atoms with Gasteiger partial charge in [-0.15, -0.1) is 0 Å². The summed E-state index contributed by atoms with van der Waals surface area (Å²) in [5.74, 6) is -4.16. The van der Waals surface area contributed by atoms with E-state index in [1.807, 2.05) is 12.1 Å². The molecule has 10 nitrogen and oxygen atoms in total. The van der Waals surface area contributed by atoms with E-state index in [2.05, 4.69) is 37.7 Å². The molecule has 6 atom stereocenters. The zero-order valence-electron chi connectivity index (χ0n) is 38.9. The summed E-state index contributed by atoms with van der Waals surface area (Å²) in [6.07, 6.45) is 28.8. The van der Waals surface area contributed by atoms with E-state index in [1.54, 1.807) is 48.5 Å².